The van der Waals surface area contributed by atoms with Gasteiger partial charge in [0.25, 0.3) is 0 Å². The Hall–Kier alpha value is -5.16. The molecule has 64 heavy (non-hydrogen) atoms. The van der Waals surface area contributed by atoms with Gasteiger partial charge in [0.1, 0.15) is 53.8 Å². The zero-order valence-corrected chi connectivity index (χ0v) is 37.4. The summed E-state index contributed by atoms with van der Waals surface area (Å²) in [5, 5.41) is 24.9. The van der Waals surface area contributed by atoms with E-state index < -0.39 is 47.6 Å². The molecule has 4 heterocycles. The van der Waals surface area contributed by atoms with Gasteiger partial charge >= 0.3 is 12.1 Å². The Bertz CT molecular complexity index is 2120. The first-order valence-electron chi connectivity index (χ1n) is 23.5. The molecule has 5 fully saturated rings. The van der Waals surface area contributed by atoms with Gasteiger partial charge in [0.15, 0.2) is 5.82 Å². The highest BCUT2D eigenvalue weighted by atomic mass is 16.6. The minimum absolute atomic E-state index is 0.0215. The van der Waals surface area contributed by atoms with Gasteiger partial charge in [-0.2, -0.15) is 0 Å². The Balaban J connectivity index is 1.05. The summed E-state index contributed by atoms with van der Waals surface area (Å²) in [7, 11) is 0. The number of fused-ring (bicyclic) bond motifs is 4. The summed E-state index contributed by atoms with van der Waals surface area (Å²) >= 11 is 0. The van der Waals surface area contributed by atoms with E-state index in [2.05, 4.69) is 22.9 Å². The molecule has 4 N–H and O–H groups in total. The quantitative estimate of drug-likeness (QED) is 0.115. The standard InChI is InChI=1S/C47H65N7O10/c1-4-16-60-17-18-61-19-20-62-33-12-13-36-38(24-33)49-42(54-15-14-41(52-54)48-29(2)3)26-40(36)63-35-25-39-43(55)51-47(45(57)58)27-32(47)10-8-6-5-7-9-11-37(44(56)53(39)28-35)50-46(59)64-34-22-30-21-31(30)23-34/h12-15,24,26,29-32,34-35,37,39H,4-11,16-23,25,27-28H2,1-3H3,(H,48,52)(H,50,59)(H,51,55)(H,57,58)/t30-,31+,32-,34+,35-,37+,39+,47-/m1/s1. The van der Waals surface area contributed by atoms with Crippen LogP contribution in [-0.4, -0.2) is 124 Å². The predicted molar refractivity (Wildman–Crippen MR) is 237 cm³/mol. The van der Waals surface area contributed by atoms with Crippen molar-refractivity contribution in [2.24, 2.45) is 17.8 Å². The van der Waals surface area contributed by atoms with Gasteiger partial charge in [-0.1, -0.05) is 39.0 Å². The highest BCUT2D eigenvalue weighted by Crippen LogP contribution is 2.52. The van der Waals surface area contributed by atoms with Crippen molar-refractivity contribution in [1.82, 2.24) is 30.3 Å². The van der Waals surface area contributed by atoms with Gasteiger partial charge in [-0.25, -0.2) is 19.3 Å². The number of nitrogens with one attached hydrogen (secondary N) is 3. The number of ether oxygens (including phenoxy) is 5. The summed E-state index contributed by atoms with van der Waals surface area (Å²) in [4.78, 5) is 61.6. The SMILES string of the molecule is CCCOCCOCCOc1ccc2c(O[C@@H]3C[C@H]4C(=O)N[C@]5(C(=O)O)C[C@H]5CCCCCCC[C@H](NC(=O)O[C@@H]5C[C@@H]6C[C@@H]6C5)C(=O)N4C3)cc(-n3ccc(NC(C)C)n3)nc2c1. The van der Waals surface area contributed by atoms with E-state index in [0.29, 0.717) is 105 Å². The Labute approximate surface area is 374 Å². The van der Waals surface area contributed by atoms with Gasteiger partial charge in [0, 0.05) is 48.9 Å². The van der Waals surface area contributed by atoms with E-state index in [9.17, 15) is 24.3 Å². The van der Waals surface area contributed by atoms with Crippen LogP contribution in [0.4, 0.5) is 10.6 Å². The van der Waals surface area contributed by atoms with E-state index in [1.54, 1.807) is 16.9 Å². The van der Waals surface area contributed by atoms with Crippen LogP contribution in [0, 0.1) is 17.8 Å². The number of carboxylic acids is 1. The number of carboxylic acid groups (broad SMARTS) is 1. The number of hydrogen-bond donors (Lipinski definition) is 4. The van der Waals surface area contributed by atoms with Crippen molar-refractivity contribution < 1.29 is 48.0 Å². The average molecular weight is 888 g/mol. The second-order valence-corrected chi connectivity index (χ2v) is 18.6. The first-order valence-corrected chi connectivity index (χ1v) is 23.5. The van der Waals surface area contributed by atoms with Crippen LogP contribution in [0.2, 0.25) is 0 Å². The molecule has 2 aliphatic heterocycles. The van der Waals surface area contributed by atoms with Crippen LogP contribution in [0.25, 0.3) is 16.7 Å². The molecule has 0 radical (unpaired) electrons. The van der Waals surface area contributed by atoms with E-state index in [-0.39, 0.29) is 31.0 Å². The van der Waals surface area contributed by atoms with Gasteiger partial charge in [-0.3, -0.25) is 9.59 Å². The molecule has 17 heteroatoms. The highest BCUT2D eigenvalue weighted by molar-refractivity contribution is 5.96. The molecule has 2 aromatic heterocycles. The van der Waals surface area contributed by atoms with E-state index in [1.807, 2.05) is 38.1 Å². The first-order chi connectivity index (χ1) is 31.0. The maximum atomic E-state index is 14.7. The number of nitrogens with zero attached hydrogens (tertiary/aromatic N) is 4. The van der Waals surface area contributed by atoms with Crippen molar-refractivity contribution in [2.75, 3.05) is 44.9 Å². The fourth-order valence-corrected chi connectivity index (χ4v) is 9.79. The third kappa shape index (κ3) is 11.0. The molecule has 3 aliphatic carbocycles. The average Bonchev–Trinajstić information content (AvgIpc) is 3.91. The highest BCUT2D eigenvalue weighted by Gasteiger charge is 2.62. The molecule has 8 rings (SSSR count). The summed E-state index contributed by atoms with van der Waals surface area (Å²) < 4.78 is 31.5. The van der Waals surface area contributed by atoms with Crippen molar-refractivity contribution in [3.8, 4) is 17.3 Å². The molecule has 1 aromatic carbocycles. The lowest BCUT2D eigenvalue weighted by Crippen LogP contribution is -2.56. The van der Waals surface area contributed by atoms with Crippen molar-refractivity contribution in [1.29, 1.82) is 0 Å². The minimum atomic E-state index is -1.38. The number of alkyl carbamates (subject to hydrolysis) is 1. The maximum absolute atomic E-state index is 14.7. The summed E-state index contributed by atoms with van der Waals surface area (Å²) in [6.45, 7) is 8.53. The molecule has 3 saturated carbocycles. The molecular formula is C47H65N7O10. The van der Waals surface area contributed by atoms with Crippen molar-refractivity contribution >= 4 is 40.6 Å². The molecule has 0 spiro atoms. The number of aliphatic carboxylic acids is 1. The molecule has 2 saturated heterocycles. The summed E-state index contributed by atoms with van der Waals surface area (Å²) in [5.74, 6) is 1.18. The molecule has 5 aliphatic rings. The van der Waals surface area contributed by atoms with E-state index in [4.69, 9.17) is 33.8 Å². The van der Waals surface area contributed by atoms with E-state index in [0.717, 1.165) is 44.9 Å². The molecule has 8 atom stereocenters. The summed E-state index contributed by atoms with van der Waals surface area (Å²) in [6, 6.07) is 7.32. The Morgan fingerprint density at radius 1 is 0.922 bits per heavy atom. The van der Waals surface area contributed by atoms with Crippen LogP contribution in [0.5, 0.6) is 11.5 Å². The van der Waals surface area contributed by atoms with E-state index >= 15 is 0 Å². The third-order valence-electron chi connectivity index (χ3n) is 13.3. The fourth-order valence-electron chi connectivity index (χ4n) is 9.79. The number of carbonyl (C=O) groups is 4. The Kier molecular flexibility index (Phi) is 14.4. The second-order valence-electron chi connectivity index (χ2n) is 18.6. The lowest BCUT2D eigenvalue weighted by atomic mass is 10.0. The maximum Gasteiger partial charge on any atom is 0.408 e. The predicted octanol–water partition coefficient (Wildman–Crippen LogP) is 6.01. The van der Waals surface area contributed by atoms with Crippen molar-refractivity contribution in [2.45, 2.75) is 140 Å². The third-order valence-corrected chi connectivity index (χ3v) is 13.3. The largest absolute Gasteiger partial charge is 0.491 e. The molecule has 17 nitrogen and oxygen atoms in total. The van der Waals surface area contributed by atoms with Crippen LogP contribution >= 0.6 is 0 Å². The molecular weight excluding hydrogens is 823 g/mol. The Morgan fingerprint density at radius 2 is 1.67 bits per heavy atom. The van der Waals surface area contributed by atoms with E-state index in [1.165, 1.54) is 11.3 Å². The second kappa shape index (κ2) is 20.3. The normalized spacial score (nSPS) is 28.0. The zero-order chi connectivity index (χ0) is 44.8. The number of benzene rings is 1. The topological polar surface area (TPSA) is 205 Å². The lowest BCUT2D eigenvalue weighted by molar-refractivity contribution is -0.146. The number of aromatic nitrogens is 3. The minimum Gasteiger partial charge on any atom is -0.491 e. The van der Waals surface area contributed by atoms with Crippen LogP contribution in [0.1, 0.15) is 104 Å². The number of pyridine rings is 1. The molecule has 348 valence electrons. The van der Waals surface area contributed by atoms with Crippen LogP contribution < -0.4 is 25.4 Å². The van der Waals surface area contributed by atoms with Crippen LogP contribution in [0.15, 0.2) is 36.5 Å². The summed E-state index contributed by atoms with van der Waals surface area (Å²) in [6.07, 6.45) is 9.90. The number of hydrogen-bond acceptors (Lipinski definition) is 12. The van der Waals surface area contributed by atoms with Gasteiger partial charge in [0.2, 0.25) is 11.8 Å². The monoisotopic (exact) mass is 887 g/mol. The molecule has 3 amide bonds. The van der Waals surface area contributed by atoms with Gasteiger partial charge in [0.05, 0.1) is 31.9 Å². The van der Waals surface area contributed by atoms with Crippen LogP contribution in [-0.2, 0) is 28.6 Å². The molecule has 3 aromatic rings. The number of rotatable bonds is 17. The molecule has 0 bridgehead atoms. The zero-order valence-electron chi connectivity index (χ0n) is 37.4. The van der Waals surface area contributed by atoms with Gasteiger partial charge in [-0.05, 0) is 88.7 Å². The van der Waals surface area contributed by atoms with Gasteiger partial charge < -0.3 is 49.6 Å². The van der Waals surface area contributed by atoms with Crippen LogP contribution in [0.3, 0.4) is 0 Å². The number of anilines is 1. The van der Waals surface area contributed by atoms with Crippen molar-refractivity contribution in [3.05, 3.63) is 36.5 Å². The molecule has 0 unspecified atom stereocenters. The fraction of sp³-hybridized carbons (Fsp3) is 0.660. The number of amides is 3. The summed E-state index contributed by atoms with van der Waals surface area (Å²) in [5.41, 5.74) is -0.813. The number of carbonyl (C=O) groups excluding carboxylic acids is 3. The smallest absolute Gasteiger partial charge is 0.408 e. The van der Waals surface area contributed by atoms with Gasteiger partial charge in [-0.15, -0.1) is 5.10 Å². The lowest BCUT2D eigenvalue weighted by Gasteiger charge is -2.29. The Morgan fingerprint density at radius 3 is 2.44 bits per heavy atom. The van der Waals surface area contributed by atoms with Crippen molar-refractivity contribution in [3.63, 3.8) is 0 Å². The first kappa shape index (κ1) is 45.4.